The number of esters is 3. The third-order valence-electron chi connectivity index (χ3n) is 14.4. The van der Waals surface area contributed by atoms with E-state index < -0.39 is 91.5 Å². The van der Waals surface area contributed by atoms with Crippen molar-refractivity contribution in [3.8, 4) is 0 Å². The fraction of sp³-hybridized carbons (Fsp3) is 0.608. The lowest BCUT2D eigenvalue weighted by Crippen LogP contribution is -2.30. The molecule has 5 atom stereocenters. The third-order valence-corrected chi connectivity index (χ3v) is 16.3. The van der Waals surface area contributed by atoms with Gasteiger partial charge in [-0.3, -0.25) is 32.5 Å². The quantitative estimate of drug-likeness (QED) is 0.0146. The van der Waals surface area contributed by atoms with Gasteiger partial charge in [0.25, 0.3) is 0 Å². The highest BCUT2D eigenvalue weighted by Gasteiger charge is 2.29. The standard InChI is InChI=1S/C79H128O16P2/c1-4-7-10-13-16-19-22-25-28-30-32-34-36-38-40-42-45-47-50-53-56-59-62-65-77(82)89-68-74(80)69-91-96(85,86)92-70-75(81)71-93-97(87,88)94-73-76(95-79(84)67-64-61-58-55-52-49-44-27-24-21-18-15-12-9-6-3)72-90-78(83)66-63-60-57-54-51-48-46-43-41-39-37-35-33-31-29-26-23-20-17-14-11-8-5-2/h7-8,10-11,16-21,25-29,32-35,38-41,44-48,74-76,80-81H,4-6,9,12-15,22-24,30-31,36-37,42-43,49-73H2,1-3H3,(H,85,86)(H,87,88)/b10-7-,11-8-,19-16-,20-17-,21-18-,28-25-,29-26-,34-32-,35-33-,40-38-,41-39-,44-27-,47-45-,48-46-. The molecule has 0 aliphatic carbocycles. The normalized spacial score (nSPS) is 15.1. The van der Waals surface area contributed by atoms with Crippen LogP contribution in [0.15, 0.2) is 170 Å². The largest absolute Gasteiger partial charge is 0.472 e. The van der Waals surface area contributed by atoms with Crippen LogP contribution in [0.25, 0.3) is 0 Å². The Bertz CT molecular complexity index is 2440. The third kappa shape index (κ3) is 72.0. The van der Waals surface area contributed by atoms with E-state index in [0.29, 0.717) is 19.3 Å². The van der Waals surface area contributed by atoms with Gasteiger partial charge in [0.05, 0.1) is 26.4 Å². The molecule has 97 heavy (non-hydrogen) atoms. The number of hydrogen-bond donors (Lipinski definition) is 4. The summed E-state index contributed by atoms with van der Waals surface area (Å²) in [7, 11) is -9.82. The van der Waals surface area contributed by atoms with Gasteiger partial charge < -0.3 is 34.2 Å². The first-order valence-electron chi connectivity index (χ1n) is 36.4. The van der Waals surface area contributed by atoms with E-state index in [4.69, 9.17) is 32.3 Å². The van der Waals surface area contributed by atoms with Crippen molar-refractivity contribution < 1.29 is 75.8 Å². The van der Waals surface area contributed by atoms with E-state index in [1.54, 1.807) is 0 Å². The predicted molar refractivity (Wildman–Crippen MR) is 398 cm³/mol. The van der Waals surface area contributed by atoms with Gasteiger partial charge >= 0.3 is 33.6 Å². The highest BCUT2D eigenvalue weighted by molar-refractivity contribution is 7.47. The van der Waals surface area contributed by atoms with Gasteiger partial charge in [-0.25, -0.2) is 9.13 Å². The van der Waals surface area contributed by atoms with Crippen LogP contribution in [0.3, 0.4) is 0 Å². The number of carbonyl (C=O) groups excluding carboxylic acids is 3. The number of unbranched alkanes of at least 4 members (excludes halogenated alkanes) is 16. The summed E-state index contributed by atoms with van der Waals surface area (Å²) >= 11 is 0. The molecule has 550 valence electrons. The summed E-state index contributed by atoms with van der Waals surface area (Å²) in [6, 6.07) is 0. The molecule has 0 aromatic rings. The Hall–Kier alpha value is -5.09. The minimum Gasteiger partial charge on any atom is -0.463 e. The summed E-state index contributed by atoms with van der Waals surface area (Å²) in [5.41, 5.74) is 0. The second-order valence-corrected chi connectivity index (χ2v) is 26.5. The number of aliphatic hydroxyl groups is 2. The van der Waals surface area contributed by atoms with E-state index >= 15 is 0 Å². The van der Waals surface area contributed by atoms with Gasteiger partial charge in [-0.15, -0.1) is 0 Å². The molecule has 0 aromatic heterocycles. The number of phosphoric ester groups is 2. The molecule has 0 fully saturated rings. The van der Waals surface area contributed by atoms with E-state index in [-0.39, 0.29) is 19.3 Å². The van der Waals surface area contributed by atoms with Gasteiger partial charge in [0.15, 0.2) is 6.10 Å². The SMILES string of the molecule is CC/C=C\C/C=C\C/C=C\C/C=C\C/C=C\C/C=C\CCCCCCC(=O)OCC(O)COP(=O)(O)OCC(O)COP(=O)(O)OCC(COC(=O)CCCCCC/C=C\C/C=C\C/C=C\C/C=C\C/C=C\C/C=C\CC)OC(=O)CCCCCCC/C=C\C/C=C\CCCCC. The Morgan fingerprint density at radius 2 is 0.546 bits per heavy atom. The van der Waals surface area contributed by atoms with Crippen molar-refractivity contribution in [3.63, 3.8) is 0 Å². The zero-order chi connectivity index (χ0) is 70.9. The van der Waals surface area contributed by atoms with Crippen LogP contribution >= 0.6 is 15.6 Å². The van der Waals surface area contributed by atoms with Gasteiger partial charge in [-0.05, 0) is 154 Å². The van der Waals surface area contributed by atoms with Crippen LogP contribution in [0, 0.1) is 0 Å². The number of allylic oxidation sites excluding steroid dienone is 28. The average Bonchev–Trinajstić information content (AvgIpc) is 1.77. The fourth-order valence-corrected chi connectivity index (χ4v) is 10.5. The summed E-state index contributed by atoms with van der Waals surface area (Å²) in [5, 5.41) is 20.6. The number of phosphoric acid groups is 2. The molecule has 0 bridgehead atoms. The number of rotatable bonds is 67. The number of carbonyl (C=O) groups is 3. The summed E-state index contributed by atoms with van der Waals surface area (Å²) in [5.74, 6) is -1.66. The molecule has 0 radical (unpaired) electrons. The second kappa shape index (κ2) is 70.8. The molecule has 0 heterocycles. The first kappa shape index (κ1) is 91.9. The van der Waals surface area contributed by atoms with E-state index in [1.807, 2.05) is 0 Å². The van der Waals surface area contributed by atoms with Gasteiger partial charge in [-0.2, -0.15) is 0 Å². The van der Waals surface area contributed by atoms with Crippen molar-refractivity contribution in [1.29, 1.82) is 0 Å². The molecule has 0 amide bonds. The van der Waals surface area contributed by atoms with Crippen molar-refractivity contribution in [2.45, 2.75) is 270 Å². The van der Waals surface area contributed by atoms with E-state index in [0.717, 1.165) is 173 Å². The molecular formula is C79H128O16P2. The first-order valence-corrected chi connectivity index (χ1v) is 39.4. The lowest BCUT2D eigenvalue weighted by atomic mass is 10.1. The highest BCUT2D eigenvalue weighted by Crippen LogP contribution is 2.45. The van der Waals surface area contributed by atoms with Gasteiger partial charge in [0, 0.05) is 19.3 Å². The number of ether oxygens (including phenoxy) is 3. The van der Waals surface area contributed by atoms with Crippen molar-refractivity contribution in [2.75, 3.05) is 39.6 Å². The maximum Gasteiger partial charge on any atom is 0.472 e. The Labute approximate surface area is 586 Å². The van der Waals surface area contributed by atoms with Gasteiger partial charge in [0.2, 0.25) is 0 Å². The Morgan fingerprint density at radius 1 is 0.299 bits per heavy atom. The average molecular weight is 1400 g/mol. The minimum atomic E-state index is -4.95. The van der Waals surface area contributed by atoms with Crippen LogP contribution in [-0.4, -0.2) is 95.9 Å². The van der Waals surface area contributed by atoms with Crippen LogP contribution in [0.1, 0.15) is 252 Å². The van der Waals surface area contributed by atoms with Crippen molar-refractivity contribution in [1.82, 2.24) is 0 Å². The lowest BCUT2D eigenvalue weighted by Gasteiger charge is -2.21. The molecule has 4 N–H and O–H groups in total. The number of aliphatic hydroxyl groups excluding tert-OH is 2. The Kier molecular flexibility index (Phi) is 67.0. The summed E-state index contributed by atoms with van der Waals surface area (Å²) in [6.45, 7) is 2.31. The molecule has 0 rings (SSSR count). The monoisotopic (exact) mass is 1390 g/mol. The molecule has 0 aliphatic rings. The van der Waals surface area contributed by atoms with Crippen LogP contribution in [-0.2, 0) is 55.8 Å². The van der Waals surface area contributed by atoms with Gasteiger partial charge in [-0.1, -0.05) is 249 Å². The highest BCUT2D eigenvalue weighted by atomic mass is 31.2. The molecule has 0 aliphatic heterocycles. The van der Waals surface area contributed by atoms with Crippen molar-refractivity contribution >= 4 is 33.6 Å². The maximum atomic E-state index is 12.9. The Balaban J connectivity index is 4.73. The molecule has 0 saturated heterocycles. The van der Waals surface area contributed by atoms with E-state index in [1.165, 1.54) is 19.3 Å². The lowest BCUT2D eigenvalue weighted by molar-refractivity contribution is -0.161. The molecule has 0 spiro atoms. The molecule has 0 saturated carbocycles. The van der Waals surface area contributed by atoms with Crippen LogP contribution in [0.2, 0.25) is 0 Å². The van der Waals surface area contributed by atoms with Crippen LogP contribution in [0.4, 0.5) is 0 Å². The zero-order valence-electron chi connectivity index (χ0n) is 59.7. The molecule has 18 heteroatoms. The Morgan fingerprint density at radius 3 is 0.866 bits per heavy atom. The zero-order valence-corrected chi connectivity index (χ0v) is 61.5. The molecule has 16 nitrogen and oxygen atoms in total. The summed E-state index contributed by atoms with van der Waals surface area (Å²) < 4.78 is 61.0. The second-order valence-electron chi connectivity index (χ2n) is 23.6. The first-order chi connectivity index (χ1) is 47.2. The minimum absolute atomic E-state index is 0.0753. The number of hydrogen-bond acceptors (Lipinski definition) is 14. The molecular weight excluding hydrogens is 1270 g/mol. The predicted octanol–water partition coefficient (Wildman–Crippen LogP) is 20.9. The molecule has 5 unspecified atom stereocenters. The van der Waals surface area contributed by atoms with E-state index in [2.05, 4.69) is 191 Å². The summed E-state index contributed by atoms with van der Waals surface area (Å²) in [4.78, 5) is 58.5. The summed E-state index contributed by atoms with van der Waals surface area (Å²) in [6.07, 6.45) is 88.2. The maximum absolute atomic E-state index is 12.9. The smallest absolute Gasteiger partial charge is 0.463 e. The van der Waals surface area contributed by atoms with E-state index in [9.17, 15) is 43.5 Å². The molecule has 0 aromatic carbocycles. The van der Waals surface area contributed by atoms with Crippen LogP contribution in [0.5, 0.6) is 0 Å². The van der Waals surface area contributed by atoms with Crippen molar-refractivity contribution in [3.05, 3.63) is 170 Å². The fourth-order valence-electron chi connectivity index (χ4n) is 8.90. The van der Waals surface area contributed by atoms with Gasteiger partial charge in [0.1, 0.15) is 25.4 Å². The van der Waals surface area contributed by atoms with Crippen LogP contribution < -0.4 is 0 Å². The van der Waals surface area contributed by atoms with Crippen molar-refractivity contribution in [2.24, 2.45) is 0 Å². The topological polar surface area (TPSA) is 231 Å².